The van der Waals surface area contributed by atoms with Crippen LogP contribution in [0, 0.1) is 11.8 Å². The summed E-state index contributed by atoms with van der Waals surface area (Å²) in [7, 11) is 0. The molecule has 0 spiro atoms. The quantitative estimate of drug-likeness (QED) is 0.542. The summed E-state index contributed by atoms with van der Waals surface area (Å²) in [6.07, 6.45) is 3.94. The van der Waals surface area contributed by atoms with Gasteiger partial charge < -0.3 is 0 Å². The monoisotopic (exact) mass is 127 g/mol. The molecule has 0 aliphatic carbocycles. The molecule has 0 aromatic heterocycles. The van der Waals surface area contributed by atoms with E-state index in [0.29, 0.717) is 0 Å². The van der Waals surface area contributed by atoms with Crippen molar-refractivity contribution in [1.82, 2.24) is 0 Å². The molecule has 0 rings (SSSR count). The molecule has 0 aliphatic heterocycles. The Hall–Kier alpha value is 0. The van der Waals surface area contributed by atoms with Crippen molar-refractivity contribution in [3.05, 3.63) is 5.92 Å². The molecule has 55 valence electrons. The minimum absolute atomic E-state index is 0.844. The van der Waals surface area contributed by atoms with E-state index in [1.54, 1.807) is 5.92 Å². The molecule has 1 radical (unpaired) electrons. The fourth-order valence-electron chi connectivity index (χ4n) is 1.23. The summed E-state index contributed by atoms with van der Waals surface area (Å²) in [4.78, 5) is 0. The molecule has 0 nitrogen and oxygen atoms in total. The van der Waals surface area contributed by atoms with Crippen LogP contribution in [0.25, 0.3) is 0 Å². The fraction of sp³-hybridized carbons (Fsp3) is 0.889. The fourth-order valence-corrected chi connectivity index (χ4v) is 1.23. The molecule has 0 fully saturated rings. The Morgan fingerprint density at radius 1 is 1.33 bits per heavy atom. The molecular weight excluding hydrogens is 108 g/mol. The van der Waals surface area contributed by atoms with Crippen molar-refractivity contribution in [2.45, 2.75) is 47.0 Å². The van der Waals surface area contributed by atoms with Crippen LogP contribution in [0.5, 0.6) is 0 Å². The molecule has 0 unspecified atom stereocenters. The Morgan fingerprint density at radius 2 is 1.89 bits per heavy atom. The van der Waals surface area contributed by atoms with E-state index < -0.39 is 0 Å². The maximum absolute atomic E-state index is 2.28. The smallest absolute Gasteiger partial charge is 0.0270 e. The normalized spacial score (nSPS) is 11.3. The summed E-state index contributed by atoms with van der Waals surface area (Å²) >= 11 is 0. The van der Waals surface area contributed by atoms with Crippen molar-refractivity contribution < 1.29 is 0 Å². The van der Waals surface area contributed by atoms with Crippen LogP contribution in [-0.2, 0) is 0 Å². The Balaban J connectivity index is 3.15. The summed E-state index contributed by atoms with van der Waals surface area (Å²) in [5, 5.41) is 0. The van der Waals surface area contributed by atoms with Crippen molar-refractivity contribution in [3.63, 3.8) is 0 Å². The van der Waals surface area contributed by atoms with E-state index in [9.17, 15) is 0 Å². The highest BCUT2D eigenvalue weighted by Gasteiger charge is 2.02. The highest BCUT2D eigenvalue weighted by Crippen LogP contribution is 2.17. The first kappa shape index (κ1) is 9.00. The summed E-state index contributed by atoms with van der Waals surface area (Å²) in [5.74, 6) is 2.50. The standard InChI is InChI=1S/C9H19/c1-5-6-9(4)7-8(2)3/h8H,5-7H2,1-4H3. The van der Waals surface area contributed by atoms with Crippen molar-refractivity contribution in [2.75, 3.05) is 0 Å². The van der Waals surface area contributed by atoms with Crippen molar-refractivity contribution in [2.24, 2.45) is 5.92 Å². The Morgan fingerprint density at radius 3 is 2.22 bits per heavy atom. The zero-order valence-corrected chi connectivity index (χ0v) is 7.20. The summed E-state index contributed by atoms with van der Waals surface area (Å²) < 4.78 is 0. The van der Waals surface area contributed by atoms with Gasteiger partial charge in [0.05, 0.1) is 0 Å². The molecule has 0 N–H and O–H groups in total. The molecule has 9 heavy (non-hydrogen) atoms. The lowest BCUT2D eigenvalue weighted by atomic mass is 9.95. The Bertz CT molecular complexity index is 55.1. The second-order valence-corrected chi connectivity index (χ2v) is 3.31. The van der Waals surface area contributed by atoms with Crippen molar-refractivity contribution in [3.8, 4) is 0 Å². The molecule has 0 aliphatic rings. The van der Waals surface area contributed by atoms with Crippen LogP contribution < -0.4 is 0 Å². The minimum atomic E-state index is 0.844. The zero-order valence-electron chi connectivity index (χ0n) is 7.20. The largest absolute Gasteiger partial charge is 0.0654 e. The SMILES string of the molecule is CCC[C](C)CC(C)C. The number of hydrogen-bond donors (Lipinski definition) is 0. The highest BCUT2D eigenvalue weighted by atomic mass is 14.1. The van der Waals surface area contributed by atoms with Crippen molar-refractivity contribution in [1.29, 1.82) is 0 Å². The van der Waals surface area contributed by atoms with Crippen LogP contribution in [0.4, 0.5) is 0 Å². The van der Waals surface area contributed by atoms with E-state index in [0.717, 1.165) is 5.92 Å². The molecular formula is C9H19. The average Bonchev–Trinajstić information content (AvgIpc) is 1.63. The summed E-state index contributed by atoms with van der Waals surface area (Å²) in [6, 6.07) is 0. The van der Waals surface area contributed by atoms with E-state index in [1.807, 2.05) is 0 Å². The molecule has 0 bridgehead atoms. The maximum atomic E-state index is 2.28. The van der Waals surface area contributed by atoms with Crippen molar-refractivity contribution >= 4 is 0 Å². The predicted octanol–water partition coefficient (Wildman–Crippen LogP) is 3.43. The molecule has 0 aromatic carbocycles. The first-order valence-electron chi connectivity index (χ1n) is 3.98. The number of hydrogen-bond acceptors (Lipinski definition) is 0. The van der Waals surface area contributed by atoms with Gasteiger partial charge in [0, 0.05) is 0 Å². The minimum Gasteiger partial charge on any atom is -0.0654 e. The Kier molecular flexibility index (Phi) is 4.84. The van der Waals surface area contributed by atoms with Crippen LogP contribution in [-0.4, -0.2) is 0 Å². The molecule has 0 heteroatoms. The lowest BCUT2D eigenvalue weighted by molar-refractivity contribution is 0.567. The van der Waals surface area contributed by atoms with Gasteiger partial charge in [-0.25, -0.2) is 0 Å². The molecule has 0 heterocycles. The van der Waals surface area contributed by atoms with Gasteiger partial charge in [0.15, 0.2) is 0 Å². The Labute approximate surface area is 59.7 Å². The zero-order chi connectivity index (χ0) is 7.28. The third-order valence-electron chi connectivity index (χ3n) is 1.43. The van der Waals surface area contributed by atoms with Gasteiger partial charge in [0.1, 0.15) is 0 Å². The van der Waals surface area contributed by atoms with Crippen LogP contribution >= 0.6 is 0 Å². The van der Waals surface area contributed by atoms with Gasteiger partial charge in [-0.15, -0.1) is 0 Å². The second kappa shape index (κ2) is 4.84. The molecule has 0 atom stereocenters. The van der Waals surface area contributed by atoms with Crippen LogP contribution in [0.2, 0.25) is 0 Å². The highest BCUT2D eigenvalue weighted by molar-refractivity contribution is 4.83. The van der Waals surface area contributed by atoms with Crippen LogP contribution in [0.15, 0.2) is 0 Å². The first-order chi connectivity index (χ1) is 4.16. The van der Waals surface area contributed by atoms with Gasteiger partial charge >= 0.3 is 0 Å². The topological polar surface area (TPSA) is 0 Å². The first-order valence-corrected chi connectivity index (χ1v) is 3.98. The molecule has 0 amide bonds. The van der Waals surface area contributed by atoms with E-state index in [1.165, 1.54) is 19.3 Å². The van der Waals surface area contributed by atoms with E-state index in [4.69, 9.17) is 0 Å². The lowest BCUT2D eigenvalue weighted by Crippen LogP contribution is -1.96. The lowest BCUT2D eigenvalue weighted by Gasteiger charge is -2.10. The van der Waals surface area contributed by atoms with Gasteiger partial charge in [0.25, 0.3) is 0 Å². The summed E-state index contributed by atoms with van der Waals surface area (Å²) in [5.41, 5.74) is 0. The summed E-state index contributed by atoms with van der Waals surface area (Å²) in [6.45, 7) is 9.06. The third kappa shape index (κ3) is 5.88. The van der Waals surface area contributed by atoms with Gasteiger partial charge in [0.2, 0.25) is 0 Å². The van der Waals surface area contributed by atoms with Crippen LogP contribution in [0.3, 0.4) is 0 Å². The van der Waals surface area contributed by atoms with Gasteiger partial charge in [-0.1, -0.05) is 34.1 Å². The maximum Gasteiger partial charge on any atom is -0.0270 e. The van der Waals surface area contributed by atoms with Gasteiger partial charge in [-0.3, -0.25) is 0 Å². The van der Waals surface area contributed by atoms with E-state index >= 15 is 0 Å². The third-order valence-corrected chi connectivity index (χ3v) is 1.43. The van der Waals surface area contributed by atoms with Gasteiger partial charge in [-0.05, 0) is 24.7 Å². The average molecular weight is 127 g/mol. The van der Waals surface area contributed by atoms with E-state index in [-0.39, 0.29) is 0 Å². The number of rotatable bonds is 4. The van der Waals surface area contributed by atoms with Gasteiger partial charge in [-0.2, -0.15) is 0 Å². The molecule has 0 aromatic rings. The second-order valence-electron chi connectivity index (χ2n) is 3.31. The molecule has 0 saturated carbocycles. The van der Waals surface area contributed by atoms with E-state index in [2.05, 4.69) is 27.7 Å². The predicted molar refractivity (Wildman–Crippen MR) is 43.3 cm³/mol. The van der Waals surface area contributed by atoms with Crippen LogP contribution in [0.1, 0.15) is 47.0 Å². The molecule has 0 saturated heterocycles.